The van der Waals surface area contributed by atoms with Crippen molar-refractivity contribution in [3.05, 3.63) is 35.4 Å². The fourth-order valence-corrected chi connectivity index (χ4v) is 2.27. The third-order valence-electron chi connectivity index (χ3n) is 3.32. The summed E-state index contributed by atoms with van der Waals surface area (Å²) in [5.41, 5.74) is 2.20. The molecule has 1 aliphatic rings. The number of hydrogen-bond acceptors (Lipinski definition) is 4. The number of rotatable bonds is 6. The summed E-state index contributed by atoms with van der Waals surface area (Å²) in [5, 5.41) is 6.23. The maximum atomic E-state index is 11.9. The Morgan fingerprint density at radius 2 is 2.25 bits per heavy atom. The molecule has 0 radical (unpaired) electrons. The van der Waals surface area contributed by atoms with Gasteiger partial charge >= 0.3 is 0 Å². The predicted octanol–water partition coefficient (Wildman–Crippen LogP) is 0.828. The second-order valence-electron chi connectivity index (χ2n) is 4.91. The van der Waals surface area contributed by atoms with Crippen molar-refractivity contribution >= 4 is 5.91 Å². The van der Waals surface area contributed by atoms with E-state index in [2.05, 4.69) is 10.6 Å². The van der Waals surface area contributed by atoms with Crippen LogP contribution in [-0.2, 0) is 27.4 Å². The van der Waals surface area contributed by atoms with Gasteiger partial charge in [-0.1, -0.05) is 24.3 Å². The number of carbonyl (C=O) groups is 1. The highest BCUT2D eigenvalue weighted by molar-refractivity contribution is 5.76. The smallest absolute Gasteiger partial charge is 0.221 e. The molecule has 1 atom stereocenters. The molecule has 0 aliphatic carbocycles. The van der Waals surface area contributed by atoms with E-state index in [1.54, 1.807) is 7.11 Å². The summed E-state index contributed by atoms with van der Waals surface area (Å²) in [6, 6.07) is 8.09. The van der Waals surface area contributed by atoms with Crippen molar-refractivity contribution in [2.75, 3.05) is 26.9 Å². The van der Waals surface area contributed by atoms with Gasteiger partial charge in [-0.05, 0) is 11.1 Å². The molecule has 0 bridgehead atoms. The van der Waals surface area contributed by atoms with E-state index in [4.69, 9.17) is 9.47 Å². The van der Waals surface area contributed by atoms with Crippen molar-refractivity contribution in [1.29, 1.82) is 0 Å². The molecule has 1 aromatic rings. The maximum absolute atomic E-state index is 11.9. The molecule has 1 fully saturated rings. The topological polar surface area (TPSA) is 59.6 Å². The van der Waals surface area contributed by atoms with Gasteiger partial charge in [-0.2, -0.15) is 0 Å². The molecule has 0 saturated carbocycles. The minimum atomic E-state index is 0.0419. The summed E-state index contributed by atoms with van der Waals surface area (Å²) in [4.78, 5) is 11.9. The monoisotopic (exact) mass is 278 g/mol. The summed E-state index contributed by atoms with van der Waals surface area (Å²) in [5.74, 6) is 0.0419. The van der Waals surface area contributed by atoms with Crippen molar-refractivity contribution in [1.82, 2.24) is 10.6 Å². The van der Waals surface area contributed by atoms with Crippen molar-refractivity contribution in [3.8, 4) is 0 Å². The van der Waals surface area contributed by atoms with Crippen LogP contribution in [0, 0.1) is 0 Å². The van der Waals surface area contributed by atoms with Crippen LogP contribution in [0.15, 0.2) is 24.3 Å². The molecule has 1 heterocycles. The number of methoxy groups -OCH3 is 1. The average Bonchev–Trinajstić information content (AvgIpc) is 2.48. The zero-order chi connectivity index (χ0) is 14.2. The van der Waals surface area contributed by atoms with Crippen LogP contribution in [0.1, 0.15) is 17.5 Å². The van der Waals surface area contributed by atoms with Gasteiger partial charge in [0.2, 0.25) is 5.91 Å². The third kappa shape index (κ3) is 4.59. The highest BCUT2D eigenvalue weighted by Crippen LogP contribution is 2.09. The van der Waals surface area contributed by atoms with Crippen LogP contribution in [0.3, 0.4) is 0 Å². The zero-order valence-electron chi connectivity index (χ0n) is 11.9. The zero-order valence-corrected chi connectivity index (χ0v) is 11.9. The summed E-state index contributed by atoms with van der Waals surface area (Å²) < 4.78 is 10.5. The van der Waals surface area contributed by atoms with E-state index in [9.17, 15) is 4.79 Å². The molecule has 1 amide bonds. The Labute approximate surface area is 119 Å². The second kappa shape index (κ2) is 7.99. The minimum absolute atomic E-state index is 0.0419. The first-order valence-electron chi connectivity index (χ1n) is 6.93. The van der Waals surface area contributed by atoms with Crippen molar-refractivity contribution < 1.29 is 14.3 Å². The van der Waals surface area contributed by atoms with E-state index in [1.807, 2.05) is 24.3 Å². The molecule has 1 aromatic carbocycles. The van der Waals surface area contributed by atoms with Gasteiger partial charge in [-0.3, -0.25) is 4.79 Å². The van der Waals surface area contributed by atoms with E-state index >= 15 is 0 Å². The fraction of sp³-hybridized carbons (Fsp3) is 0.533. The van der Waals surface area contributed by atoms with Gasteiger partial charge in [0, 0.05) is 32.7 Å². The fourth-order valence-electron chi connectivity index (χ4n) is 2.27. The quantitative estimate of drug-likeness (QED) is 0.809. The van der Waals surface area contributed by atoms with E-state index in [0.717, 1.165) is 24.3 Å². The average molecular weight is 278 g/mol. The highest BCUT2D eigenvalue weighted by atomic mass is 16.5. The molecule has 0 spiro atoms. The first-order valence-corrected chi connectivity index (χ1v) is 6.93. The molecule has 0 aromatic heterocycles. The van der Waals surface area contributed by atoms with Crippen LogP contribution in [-0.4, -0.2) is 38.8 Å². The first kappa shape index (κ1) is 15.0. The minimum Gasteiger partial charge on any atom is -0.380 e. The lowest BCUT2D eigenvalue weighted by atomic mass is 10.1. The number of hydrogen-bond donors (Lipinski definition) is 2. The number of morpholine rings is 1. The Morgan fingerprint density at radius 1 is 1.45 bits per heavy atom. The molecular weight excluding hydrogens is 256 g/mol. The van der Waals surface area contributed by atoms with Crippen LogP contribution in [0.4, 0.5) is 0 Å². The first-order chi connectivity index (χ1) is 9.79. The molecule has 20 heavy (non-hydrogen) atoms. The standard InChI is InChI=1S/C15H22N2O3/c1-19-10-13-5-3-2-4-12(13)9-17-15(18)8-14-11-20-7-6-16-14/h2-5,14,16H,6-11H2,1H3,(H,17,18). The number of ether oxygens (including phenoxy) is 2. The number of amides is 1. The van der Waals surface area contributed by atoms with Crippen LogP contribution >= 0.6 is 0 Å². The van der Waals surface area contributed by atoms with Gasteiger partial charge in [-0.15, -0.1) is 0 Å². The van der Waals surface area contributed by atoms with Crippen LogP contribution in [0.5, 0.6) is 0 Å². The SMILES string of the molecule is COCc1ccccc1CNC(=O)CC1COCCN1. The molecular formula is C15H22N2O3. The molecule has 5 nitrogen and oxygen atoms in total. The lowest BCUT2D eigenvalue weighted by Crippen LogP contribution is -2.44. The lowest BCUT2D eigenvalue weighted by Gasteiger charge is -2.23. The normalized spacial score (nSPS) is 18.8. The molecule has 5 heteroatoms. The van der Waals surface area contributed by atoms with Gasteiger partial charge in [0.05, 0.1) is 19.8 Å². The van der Waals surface area contributed by atoms with E-state index < -0.39 is 0 Å². The Balaban J connectivity index is 1.80. The lowest BCUT2D eigenvalue weighted by molar-refractivity contribution is -0.122. The Hall–Kier alpha value is -1.43. The summed E-state index contributed by atoms with van der Waals surface area (Å²) in [7, 11) is 1.67. The number of benzene rings is 1. The van der Waals surface area contributed by atoms with E-state index in [-0.39, 0.29) is 11.9 Å². The Kier molecular flexibility index (Phi) is 5.98. The van der Waals surface area contributed by atoms with Crippen LogP contribution in [0.2, 0.25) is 0 Å². The molecule has 110 valence electrons. The van der Waals surface area contributed by atoms with Crippen LogP contribution in [0.25, 0.3) is 0 Å². The molecule has 2 N–H and O–H groups in total. The maximum Gasteiger partial charge on any atom is 0.221 e. The second-order valence-corrected chi connectivity index (χ2v) is 4.91. The molecule has 1 unspecified atom stereocenters. The van der Waals surface area contributed by atoms with Gasteiger partial charge in [0.25, 0.3) is 0 Å². The predicted molar refractivity (Wildman–Crippen MR) is 76.2 cm³/mol. The van der Waals surface area contributed by atoms with Gasteiger partial charge in [0.15, 0.2) is 0 Å². The molecule has 2 rings (SSSR count). The summed E-state index contributed by atoms with van der Waals surface area (Å²) in [6.45, 7) is 3.24. The highest BCUT2D eigenvalue weighted by Gasteiger charge is 2.16. The van der Waals surface area contributed by atoms with Gasteiger partial charge < -0.3 is 20.1 Å². The van der Waals surface area contributed by atoms with Gasteiger partial charge in [-0.25, -0.2) is 0 Å². The largest absolute Gasteiger partial charge is 0.380 e. The molecule has 1 aliphatic heterocycles. The van der Waals surface area contributed by atoms with Crippen molar-refractivity contribution in [2.45, 2.75) is 25.6 Å². The van der Waals surface area contributed by atoms with Crippen LogP contribution < -0.4 is 10.6 Å². The Morgan fingerprint density at radius 3 is 2.95 bits per heavy atom. The summed E-state index contributed by atoms with van der Waals surface area (Å²) in [6.07, 6.45) is 0.451. The molecule has 1 saturated heterocycles. The Bertz CT molecular complexity index is 431. The van der Waals surface area contributed by atoms with Gasteiger partial charge in [0.1, 0.15) is 0 Å². The van der Waals surface area contributed by atoms with E-state index in [0.29, 0.717) is 26.2 Å². The van der Waals surface area contributed by atoms with E-state index in [1.165, 1.54) is 0 Å². The number of carbonyl (C=O) groups excluding carboxylic acids is 1. The van der Waals surface area contributed by atoms with Crippen molar-refractivity contribution in [3.63, 3.8) is 0 Å². The summed E-state index contributed by atoms with van der Waals surface area (Å²) >= 11 is 0. The number of nitrogens with one attached hydrogen (secondary N) is 2. The van der Waals surface area contributed by atoms with Crippen molar-refractivity contribution in [2.24, 2.45) is 0 Å². The third-order valence-corrected chi connectivity index (χ3v) is 3.32.